The minimum atomic E-state index is -0.938. The second kappa shape index (κ2) is 12.8. The third-order valence-corrected chi connectivity index (χ3v) is 6.75. The molecule has 214 valence electrons. The number of carbonyl (C=O) groups excluding carboxylic acids is 1. The second-order valence-corrected chi connectivity index (χ2v) is 10.3. The van der Waals surface area contributed by atoms with Crippen LogP contribution in [0, 0.1) is 5.82 Å². The van der Waals surface area contributed by atoms with Gasteiger partial charge in [0.2, 0.25) is 5.91 Å². The van der Waals surface area contributed by atoms with Gasteiger partial charge in [-0.15, -0.1) is 0 Å². The first kappa shape index (κ1) is 29.4. The van der Waals surface area contributed by atoms with E-state index in [0.717, 1.165) is 13.1 Å². The Morgan fingerprint density at radius 1 is 0.927 bits per heavy atom. The Hall–Kier alpha value is -4.54. The number of amides is 1. The zero-order valence-corrected chi connectivity index (χ0v) is 23.6. The largest absolute Gasteiger partial charge is 0.494 e. The number of carbonyl (C=O) groups is 2. The molecule has 1 aromatic heterocycles. The number of halogens is 1. The van der Waals surface area contributed by atoms with E-state index < -0.39 is 11.8 Å². The molecule has 0 atom stereocenters. The summed E-state index contributed by atoms with van der Waals surface area (Å²) in [4.78, 5) is 37.3. The van der Waals surface area contributed by atoms with Gasteiger partial charge in [0.05, 0.1) is 35.4 Å². The van der Waals surface area contributed by atoms with Gasteiger partial charge in [-0.05, 0) is 69.2 Å². The molecule has 0 saturated carbocycles. The van der Waals surface area contributed by atoms with Crippen LogP contribution in [0.15, 0.2) is 71.7 Å². The average molecular weight is 560 g/mol. The number of anilines is 1. The standard InChI is InChI=1S/C31H34FN5O4/c1-35(2)15-16-36(3)19-27(38)37(4)24-12-10-23(11-13-24)33-30(21-7-5-20(6-8-21)17-28(39)40)29-25-14-9-22(32)18-26(25)34-31(29)41/h5-14,18,34,41H,15-17,19H2,1-4H3,(H,39,40). The van der Waals surface area contributed by atoms with Crippen molar-refractivity contribution in [2.45, 2.75) is 6.42 Å². The van der Waals surface area contributed by atoms with E-state index in [4.69, 9.17) is 10.1 Å². The second-order valence-electron chi connectivity index (χ2n) is 10.3. The highest BCUT2D eigenvalue weighted by Gasteiger charge is 2.20. The van der Waals surface area contributed by atoms with Crippen LogP contribution in [0.1, 0.15) is 16.7 Å². The van der Waals surface area contributed by atoms with Crippen molar-refractivity contribution in [3.8, 4) is 5.88 Å². The molecule has 0 saturated heterocycles. The maximum absolute atomic E-state index is 13.9. The van der Waals surface area contributed by atoms with Gasteiger partial charge in [-0.1, -0.05) is 24.3 Å². The van der Waals surface area contributed by atoms with Crippen molar-refractivity contribution in [2.24, 2.45) is 4.99 Å². The number of carboxylic acid groups (broad SMARTS) is 1. The van der Waals surface area contributed by atoms with Gasteiger partial charge < -0.3 is 25.0 Å². The van der Waals surface area contributed by atoms with Crippen molar-refractivity contribution in [3.63, 3.8) is 0 Å². The molecule has 0 aliphatic carbocycles. The highest BCUT2D eigenvalue weighted by molar-refractivity contribution is 6.21. The van der Waals surface area contributed by atoms with Crippen LogP contribution >= 0.6 is 0 Å². The van der Waals surface area contributed by atoms with Crippen LogP contribution in [-0.4, -0.2) is 90.4 Å². The number of aromatic amines is 1. The van der Waals surface area contributed by atoms with Crippen LogP contribution in [0.25, 0.3) is 10.9 Å². The minimum Gasteiger partial charge on any atom is -0.494 e. The topological polar surface area (TPSA) is 112 Å². The fourth-order valence-corrected chi connectivity index (χ4v) is 4.43. The molecular formula is C31H34FN5O4. The van der Waals surface area contributed by atoms with Crippen molar-refractivity contribution in [2.75, 3.05) is 52.7 Å². The molecule has 0 bridgehead atoms. The molecule has 41 heavy (non-hydrogen) atoms. The number of H-pyrrole nitrogens is 1. The van der Waals surface area contributed by atoms with Gasteiger partial charge >= 0.3 is 5.97 Å². The molecular weight excluding hydrogens is 525 g/mol. The number of benzene rings is 3. The molecule has 3 N–H and O–H groups in total. The quantitative estimate of drug-likeness (QED) is 0.237. The number of nitrogens with zero attached hydrogens (tertiary/aromatic N) is 4. The van der Waals surface area contributed by atoms with Gasteiger partial charge in [-0.2, -0.15) is 0 Å². The highest BCUT2D eigenvalue weighted by atomic mass is 19.1. The maximum Gasteiger partial charge on any atom is 0.307 e. The molecule has 0 unspecified atom stereocenters. The molecule has 0 aliphatic rings. The summed E-state index contributed by atoms with van der Waals surface area (Å²) in [6, 6.07) is 18.2. The molecule has 4 rings (SSSR count). The molecule has 0 spiro atoms. The van der Waals surface area contributed by atoms with Crippen LogP contribution in [0.5, 0.6) is 5.88 Å². The van der Waals surface area contributed by atoms with Crippen LogP contribution < -0.4 is 4.90 Å². The number of likely N-dealkylation sites (N-methyl/N-ethyl adjacent to an activating group) is 3. The van der Waals surface area contributed by atoms with Crippen molar-refractivity contribution in [3.05, 3.63) is 89.2 Å². The van der Waals surface area contributed by atoms with Gasteiger partial charge in [-0.3, -0.25) is 14.5 Å². The Balaban J connectivity index is 1.66. The normalized spacial score (nSPS) is 11.9. The predicted octanol–water partition coefficient (Wildman–Crippen LogP) is 4.27. The zero-order chi connectivity index (χ0) is 29.7. The summed E-state index contributed by atoms with van der Waals surface area (Å²) in [5, 5.41) is 20.6. The lowest BCUT2D eigenvalue weighted by Crippen LogP contribution is -2.39. The van der Waals surface area contributed by atoms with Gasteiger partial charge in [0.25, 0.3) is 0 Å². The first-order valence-corrected chi connectivity index (χ1v) is 13.1. The van der Waals surface area contributed by atoms with Gasteiger partial charge in [-0.25, -0.2) is 9.38 Å². The number of hydrogen-bond acceptors (Lipinski definition) is 6. The summed E-state index contributed by atoms with van der Waals surface area (Å²) in [5.41, 5.74) is 3.76. The number of aliphatic carboxylic acids is 1. The van der Waals surface area contributed by atoms with Crippen LogP contribution in [0.4, 0.5) is 15.8 Å². The molecule has 9 nitrogen and oxygen atoms in total. The molecule has 0 fully saturated rings. The minimum absolute atomic E-state index is 0.0411. The monoisotopic (exact) mass is 559 g/mol. The Morgan fingerprint density at radius 2 is 1.61 bits per heavy atom. The summed E-state index contributed by atoms with van der Waals surface area (Å²) in [6.45, 7) is 1.91. The van der Waals surface area contributed by atoms with Gasteiger partial charge in [0.15, 0.2) is 5.88 Å². The van der Waals surface area contributed by atoms with Crippen LogP contribution in [0.3, 0.4) is 0 Å². The van der Waals surface area contributed by atoms with E-state index in [0.29, 0.717) is 44.7 Å². The molecule has 0 radical (unpaired) electrons. The van der Waals surface area contributed by atoms with Crippen molar-refractivity contribution in [1.82, 2.24) is 14.8 Å². The Morgan fingerprint density at radius 3 is 2.24 bits per heavy atom. The molecule has 10 heteroatoms. The van der Waals surface area contributed by atoms with E-state index in [2.05, 4.69) is 9.88 Å². The number of hydrogen-bond donors (Lipinski definition) is 3. The van der Waals surface area contributed by atoms with Crippen molar-refractivity contribution in [1.29, 1.82) is 0 Å². The Labute approximate surface area is 238 Å². The van der Waals surface area contributed by atoms with E-state index in [1.165, 1.54) is 12.1 Å². The summed E-state index contributed by atoms with van der Waals surface area (Å²) >= 11 is 0. The van der Waals surface area contributed by atoms with Gasteiger partial charge in [0, 0.05) is 36.8 Å². The Kier molecular flexibility index (Phi) is 9.16. The number of aromatic hydroxyl groups is 1. The average Bonchev–Trinajstić information content (AvgIpc) is 3.25. The number of fused-ring (bicyclic) bond motifs is 1. The van der Waals surface area contributed by atoms with Gasteiger partial charge in [0.1, 0.15) is 5.82 Å². The van der Waals surface area contributed by atoms with Crippen molar-refractivity contribution >= 4 is 39.9 Å². The lowest BCUT2D eigenvalue weighted by Gasteiger charge is -2.23. The Bertz CT molecular complexity index is 1560. The highest BCUT2D eigenvalue weighted by Crippen LogP contribution is 2.32. The first-order chi connectivity index (χ1) is 19.5. The van der Waals surface area contributed by atoms with E-state index in [1.54, 1.807) is 66.5 Å². The van der Waals surface area contributed by atoms with Crippen molar-refractivity contribution < 1.29 is 24.2 Å². The fraction of sp³-hybridized carbons (Fsp3) is 0.258. The third-order valence-electron chi connectivity index (χ3n) is 6.75. The SMILES string of the molecule is CN(C)CCN(C)CC(=O)N(C)c1ccc(N=C(c2ccc(CC(=O)O)cc2)c2c(O)[nH]c3cc(F)ccc23)cc1. The van der Waals surface area contributed by atoms with E-state index in [9.17, 15) is 19.1 Å². The zero-order valence-electron chi connectivity index (χ0n) is 23.6. The van der Waals surface area contributed by atoms with E-state index in [-0.39, 0.29) is 24.8 Å². The molecule has 1 amide bonds. The molecule has 4 aromatic rings. The summed E-state index contributed by atoms with van der Waals surface area (Å²) < 4.78 is 13.9. The lowest BCUT2D eigenvalue weighted by atomic mass is 9.99. The smallest absolute Gasteiger partial charge is 0.307 e. The van der Waals surface area contributed by atoms with E-state index >= 15 is 0 Å². The number of carboxylic acids is 1. The van der Waals surface area contributed by atoms with Crippen LogP contribution in [-0.2, 0) is 16.0 Å². The lowest BCUT2D eigenvalue weighted by molar-refractivity contribution is -0.136. The molecule has 1 heterocycles. The number of aliphatic imine (C=N–C) groups is 1. The maximum atomic E-state index is 13.9. The summed E-state index contributed by atoms with van der Waals surface area (Å²) in [6.07, 6.45) is -0.122. The van der Waals surface area contributed by atoms with E-state index in [1.807, 2.05) is 26.0 Å². The number of aromatic nitrogens is 1. The number of nitrogens with one attached hydrogen (secondary N) is 1. The van der Waals surface area contributed by atoms with Crippen LogP contribution in [0.2, 0.25) is 0 Å². The summed E-state index contributed by atoms with van der Waals surface area (Å²) in [7, 11) is 7.63. The first-order valence-electron chi connectivity index (χ1n) is 13.1. The molecule has 3 aromatic carbocycles. The summed E-state index contributed by atoms with van der Waals surface area (Å²) in [5.74, 6) is -1.59. The predicted molar refractivity (Wildman–Crippen MR) is 159 cm³/mol. The third kappa shape index (κ3) is 7.36. The number of rotatable bonds is 11. The fourth-order valence-electron chi connectivity index (χ4n) is 4.43. The molecule has 0 aliphatic heterocycles.